The minimum atomic E-state index is -3.75. The topological polar surface area (TPSA) is 76.4 Å². The van der Waals surface area contributed by atoms with E-state index in [9.17, 15) is 13.5 Å². The molecule has 1 N–H and O–H groups in total. The number of nitrogens with zero attached hydrogens (tertiary/aromatic N) is 4. The molecule has 2 aromatic rings. The van der Waals surface area contributed by atoms with Gasteiger partial charge in [0, 0.05) is 45.5 Å². The Morgan fingerprint density at radius 1 is 1.15 bits per heavy atom. The number of aliphatic hydroxyl groups is 1. The molecule has 1 aliphatic rings. The van der Waals surface area contributed by atoms with Crippen LogP contribution >= 0.6 is 40.3 Å². The molecular formula is C22H30BrClN4O3S2. The third kappa shape index (κ3) is 5.52. The van der Waals surface area contributed by atoms with Crippen LogP contribution in [0.1, 0.15) is 19.4 Å². The normalized spacial score (nSPS) is 19.8. The van der Waals surface area contributed by atoms with Gasteiger partial charge in [-0.1, -0.05) is 29.4 Å². The van der Waals surface area contributed by atoms with E-state index in [0.717, 1.165) is 28.8 Å². The maximum Gasteiger partial charge on any atom is 0.244 e. The Balaban J connectivity index is 0.00000385. The number of amidine groups is 1. The van der Waals surface area contributed by atoms with Crippen molar-refractivity contribution in [2.24, 2.45) is 4.99 Å². The van der Waals surface area contributed by atoms with Crippen molar-refractivity contribution in [3.05, 3.63) is 53.1 Å². The van der Waals surface area contributed by atoms with E-state index in [2.05, 4.69) is 18.7 Å². The zero-order chi connectivity index (χ0) is 23.7. The lowest BCUT2D eigenvalue weighted by atomic mass is 10.0. The molecule has 0 aliphatic carbocycles. The maximum atomic E-state index is 12.6. The van der Waals surface area contributed by atoms with Crippen LogP contribution in [0.2, 0.25) is 5.02 Å². The molecule has 1 aliphatic heterocycles. The second-order valence-electron chi connectivity index (χ2n) is 7.68. The Morgan fingerprint density at radius 3 is 2.30 bits per heavy atom. The summed E-state index contributed by atoms with van der Waals surface area (Å²) >= 11 is 7.58. The van der Waals surface area contributed by atoms with Gasteiger partial charge in [-0.3, -0.25) is 0 Å². The van der Waals surface area contributed by atoms with E-state index >= 15 is 0 Å². The first-order chi connectivity index (χ1) is 15.0. The third-order valence-electron chi connectivity index (χ3n) is 5.60. The molecule has 182 valence electrons. The summed E-state index contributed by atoms with van der Waals surface area (Å²) in [6.07, 6.45) is 0. The number of hydrogen-bond acceptors (Lipinski definition) is 6. The van der Waals surface area contributed by atoms with Gasteiger partial charge in [-0.25, -0.2) is 17.7 Å². The lowest BCUT2D eigenvalue weighted by Crippen LogP contribution is -2.42. The standard InChI is InChI=1S/C22H29ClN4O3S2.BrH/c1-6-27(7-2)18-11-9-17(10-12-18)24-21-26(5)22(28,15-31-21)16-8-13-19(23)20(14-16)32(29,30)25(3)4;/h8-14,28H,6-7,15H2,1-5H3;1H/b24-21+;. The highest BCUT2D eigenvalue weighted by atomic mass is 79.9. The molecule has 0 radical (unpaired) electrons. The molecule has 1 fully saturated rings. The molecule has 0 aromatic heterocycles. The van der Waals surface area contributed by atoms with Crippen molar-refractivity contribution >= 4 is 66.9 Å². The number of benzene rings is 2. The van der Waals surface area contributed by atoms with Gasteiger partial charge in [0.2, 0.25) is 10.0 Å². The minimum absolute atomic E-state index is 0. The third-order valence-corrected chi connectivity index (χ3v) is 9.07. The highest BCUT2D eigenvalue weighted by Gasteiger charge is 2.43. The number of hydrogen-bond donors (Lipinski definition) is 1. The first-order valence-electron chi connectivity index (χ1n) is 10.3. The molecule has 3 rings (SSSR count). The van der Waals surface area contributed by atoms with Gasteiger partial charge in [0.25, 0.3) is 0 Å². The summed E-state index contributed by atoms with van der Waals surface area (Å²) in [5.41, 5.74) is 0.954. The largest absolute Gasteiger partial charge is 0.372 e. The van der Waals surface area contributed by atoms with Gasteiger partial charge in [0.15, 0.2) is 10.9 Å². The smallest absolute Gasteiger partial charge is 0.244 e. The van der Waals surface area contributed by atoms with Crippen molar-refractivity contribution in [2.45, 2.75) is 24.5 Å². The fourth-order valence-corrected chi connectivity index (χ4v) is 6.08. The first-order valence-corrected chi connectivity index (χ1v) is 13.1. The molecule has 33 heavy (non-hydrogen) atoms. The lowest BCUT2D eigenvalue weighted by molar-refractivity contribution is -0.0349. The van der Waals surface area contributed by atoms with Crippen molar-refractivity contribution in [3.8, 4) is 0 Å². The van der Waals surface area contributed by atoms with E-state index in [1.807, 2.05) is 24.3 Å². The second kappa shape index (κ2) is 11.0. The molecule has 0 amide bonds. The average molecular weight is 578 g/mol. The number of rotatable bonds is 7. The molecule has 1 unspecified atom stereocenters. The van der Waals surface area contributed by atoms with Gasteiger partial charge >= 0.3 is 0 Å². The Bertz CT molecular complexity index is 1110. The van der Waals surface area contributed by atoms with Crippen LogP contribution in [0.15, 0.2) is 52.4 Å². The lowest BCUT2D eigenvalue weighted by Gasteiger charge is -2.31. The van der Waals surface area contributed by atoms with Crippen molar-refractivity contribution in [1.29, 1.82) is 0 Å². The van der Waals surface area contributed by atoms with Crippen LogP contribution in [0.5, 0.6) is 0 Å². The van der Waals surface area contributed by atoms with E-state index in [1.165, 1.54) is 38.0 Å². The fourth-order valence-electron chi connectivity index (χ4n) is 3.49. The molecule has 0 spiro atoms. The summed E-state index contributed by atoms with van der Waals surface area (Å²) in [5.74, 6) is 0.308. The average Bonchev–Trinajstić information content (AvgIpc) is 3.05. The van der Waals surface area contributed by atoms with E-state index in [4.69, 9.17) is 16.6 Å². The Morgan fingerprint density at radius 2 is 1.76 bits per heavy atom. The fraction of sp³-hybridized carbons (Fsp3) is 0.409. The highest BCUT2D eigenvalue weighted by molar-refractivity contribution is 8.93. The van der Waals surface area contributed by atoms with E-state index < -0.39 is 15.7 Å². The van der Waals surface area contributed by atoms with Gasteiger partial charge in [0.05, 0.1) is 16.5 Å². The molecule has 0 saturated carbocycles. The molecule has 1 atom stereocenters. The van der Waals surface area contributed by atoms with Crippen molar-refractivity contribution in [3.63, 3.8) is 0 Å². The summed E-state index contributed by atoms with van der Waals surface area (Å²) in [7, 11) is 0.888. The number of anilines is 1. The van der Waals surface area contributed by atoms with Crippen molar-refractivity contribution in [2.75, 3.05) is 44.9 Å². The number of thioether (sulfide) groups is 1. The minimum Gasteiger partial charge on any atom is -0.372 e. The van der Waals surface area contributed by atoms with E-state index in [0.29, 0.717) is 16.5 Å². The number of halogens is 2. The van der Waals surface area contributed by atoms with Crippen LogP contribution in [-0.4, -0.2) is 67.9 Å². The quantitative estimate of drug-likeness (QED) is 0.521. The second-order valence-corrected chi connectivity index (χ2v) is 11.1. The van der Waals surface area contributed by atoms with E-state index in [1.54, 1.807) is 18.0 Å². The Hall–Kier alpha value is -1.30. The maximum absolute atomic E-state index is 12.6. The predicted octanol–water partition coefficient (Wildman–Crippen LogP) is 4.53. The van der Waals surface area contributed by atoms with Crippen LogP contribution in [-0.2, 0) is 15.7 Å². The summed E-state index contributed by atoms with van der Waals surface area (Å²) in [6, 6.07) is 12.6. The Kier molecular flexibility index (Phi) is 9.28. The molecule has 1 saturated heterocycles. The van der Waals surface area contributed by atoms with Gasteiger partial charge in [-0.2, -0.15) is 0 Å². The molecule has 11 heteroatoms. The van der Waals surface area contributed by atoms with Crippen LogP contribution in [0.25, 0.3) is 0 Å². The zero-order valence-electron chi connectivity index (χ0n) is 19.3. The number of aliphatic imine (C=N–C) groups is 1. The SMILES string of the molecule is Br.CCN(CC)c1ccc(/N=C2/SCC(O)(c3ccc(Cl)c(S(=O)(=O)N(C)C)c3)N2C)cc1. The summed E-state index contributed by atoms with van der Waals surface area (Å²) < 4.78 is 26.4. The van der Waals surface area contributed by atoms with Crippen LogP contribution in [0, 0.1) is 0 Å². The summed E-state index contributed by atoms with van der Waals surface area (Å²) in [6.45, 7) is 6.11. The monoisotopic (exact) mass is 576 g/mol. The van der Waals surface area contributed by atoms with Crippen LogP contribution < -0.4 is 4.90 Å². The molecule has 2 aromatic carbocycles. The van der Waals surface area contributed by atoms with Gasteiger partial charge in [0.1, 0.15) is 4.90 Å². The van der Waals surface area contributed by atoms with E-state index in [-0.39, 0.29) is 26.9 Å². The zero-order valence-corrected chi connectivity index (χ0v) is 23.4. The summed E-state index contributed by atoms with van der Waals surface area (Å²) in [4.78, 5) is 8.60. The van der Waals surface area contributed by atoms with Crippen LogP contribution in [0.4, 0.5) is 11.4 Å². The van der Waals surface area contributed by atoms with Crippen molar-refractivity contribution < 1.29 is 13.5 Å². The number of sulfonamides is 1. The molecular weight excluding hydrogens is 548 g/mol. The van der Waals surface area contributed by atoms with Gasteiger partial charge < -0.3 is 14.9 Å². The summed E-state index contributed by atoms with van der Waals surface area (Å²) in [5, 5.41) is 12.2. The predicted molar refractivity (Wildman–Crippen MR) is 144 cm³/mol. The Labute approximate surface area is 216 Å². The molecule has 1 heterocycles. The van der Waals surface area contributed by atoms with Gasteiger partial charge in [-0.15, -0.1) is 17.0 Å². The van der Waals surface area contributed by atoms with Crippen LogP contribution in [0.3, 0.4) is 0 Å². The molecule has 7 nitrogen and oxygen atoms in total. The first kappa shape index (κ1) is 27.9. The van der Waals surface area contributed by atoms with Gasteiger partial charge in [-0.05, 0) is 50.2 Å². The van der Waals surface area contributed by atoms with Crippen molar-refractivity contribution in [1.82, 2.24) is 9.21 Å². The highest BCUT2D eigenvalue weighted by Crippen LogP contribution is 2.40. The molecule has 0 bridgehead atoms.